The third-order valence-corrected chi connectivity index (χ3v) is 3.81. The van der Waals surface area contributed by atoms with Crippen LogP contribution in [-0.4, -0.2) is 17.0 Å². The molecular weight excluding hydrogens is 152 g/mol. The predicted octanol–water partition coefficient (Wildman–Crippen LogP) is 1.52. The Kier molecular flexibility index (Phi) is 1.76. The number of fused-ring (bicyclic) bond motifs is 1. The van der Waals surface area contributed by atoms with E-state index >= 15 is 0 Å². The number of rotatable bonds is 0. The first-order chi connectivity index (χ1) is 5.64. The van der Waals surface area contributed by atoms with Crippen molar-refractivity contribution in [3.05, 3.63) is 0 Å². The van der Waals surface area contributed by atoms with Crippen molar-refractivity contribution in [3.8, 4) is 0 Å². The lowest BCUT2D eigenvalue weighted by Crippen LogP contribution is -2.39. The molecule has 0 amide bonds. The lowest BCUT2D eigenvalue weighted by Gasteiger charge is -2.37. The smallest absolute Gasteiger partial charge is 0.136 e. The second-order valence-corrected chi connectivity index (χ2v) is 4.47. The summed E-state index contributed by atoms with van der Waals surface area (Å²) in [7, 11) is 0. The van der Waals surface area contributed by atoms with Crippen molar-refractivity contribution >= 4 is 5.78 Å². The Morgan fingerprint density at radius 2 is 2.25 bits per heavy atom. The van der Waals surface area contributed by atoms with E-state index < -0.39 is 0 Å². The van der Waals surface area contributed by atoms with Gasteiger partial charge >= 0.3 is 0 Å². The molecule has 0 aromatic carbocycles. The van der Waals surface area contributed by atoms with Crippen molar-refractivity contribution in [2.45, 2.75) is 45.1 Å². The molecule has 0 spiro atoms. The van der Waals surface area contributed by atoms with Crippen LogP contribution in [0.5, 0.6) is 0 Å². The fourth-order valence-corrected chi connectivity index (χ4v) is 2.90. The largest absolute Gasteiger partial charge is 0.393 e. The van der Waals surface area contributed by atoms with Gasteiger partial charge in [-0.2, -0.15) is 0 Å². The minimum atomic E-state index is -0.230. The zero-order valence-corrected chi connectivity index (χ0v) is 7.55. The first-order valence-electron chi connectivity index (χ1n) is 4.85. The maximum atomic E-state index is 11.5. The van der Waals surface area contributed by atoms with Crippen LogP contribution in [0.25, 0.3) is 0 Å². The number of carbonyl (C=O) groups excluding carboxylic acids is 1. The topological polar surface area (TPSA) is 37.3 Å². The second kappa shape index (κ2) is 2.56. The van der Waals surface area contributed by atoms with Gasteiger partial charge in [0.05, 0.1) is 6.10 Å². The van der Waals surface area contributed by atoms with Crippen molar-refractivity contribution < 1.29 is 9.90 Å². The quantitative estimate of drug-likeness (QED) is 0.595. The molecule has 2 aliphatic rings. The minimum absolute atomic E-state index is 0.0741. The summed E-state index contributed by atoms with van der Waals surface area (Å²) in [4.78, 5) is 11.5. The summed E-state index contributed by atoms with van der Waals surface area (Å²) in [5, 5.41) is 9.75. The van der Waals surface area contributed by atoms with E-state index in [4.69, 9.17) is 0 Å². The van der Waals surface area contributed by atoms with Gasteiger partial charge in [0.2, 0.25) is 0 Å². The van der Waals surface area contributed by atoms with E-state index in [0.717, 1.165) is 32.1 Å². The number of hydrogen-bond donors (Lipinski definition) is 1. The Balaban J connectivity index is 2.26. The van der Waals surface area contributed by atoms with Gasteiger partial charge < -0.3 is 5.11 Å². The van der Waals surface area contributed by atoms with Crippen LogP contribution in [0, 0.1) is 11.3 Å². The number of hydrogen-bond acceptors (Lipinski definition) is 2. The van der Waals surface area contributed by atoms with Crippen LogP contribution in [0.1, 0.15) is 39.0 Å². The summed E-state index contributed by atoms with van der Waals surface area (Å²) < 4.78 is 0. The third-order valence-electron chi connectivity index (χ3n) is 3.81. The maximum Gasteiger partial charge on any atom is 0.136 e. The Hall–Kier alpha value is -0.370. The molecule has 2 nitrogen and oxygen atoms in total. The van der Waals surface area contributed by atoms with Crippen LogP contribution in [0.2, 0.25) is 0 Å². The first-order valence-corrected chi connectivity index (χ1v) is 4.85. The van der Waals surface area contributed by atoms with E-state index in [1.165, 1.54) is 0 Å². The van der Waals surface area contributed by atoms with Gasteiger partial charge in [0, 0.05) is 17.8 Å². The number of ketones is 1. The molecule has 2 heteroatoms. The SMILES string of the molecule is CC12CCCC(=O)C1CCC2O. The van der Waals surface area contributed by atoms with E-state index in [-0.39, 0.29) is 17.4 Å². The number of aliphatic hydroxyl groups excluding tert-OH is 1. The Bertz CT molecular complexity index is 212. The Morgan fingerprint density at radius 1 is 1.50 bits per heavy atom. The highest BCUT2D eigenvalue weighted by molar-refractivity contribution is 5.83. The van der Waals surface area contributed by atoms with Gasteiger partial charge in [-0.3, -0.25) is 4.79 Å². The normalized spacial score (nSPS) is 47.7. The van der Waals surface area contributed by atoms with Crippen molar-refractivity contribution in [1.29, 1.82) is 0 Å². The number of carbonyl (C=O) groups is 1. The fourth-order valence-electron chi connectivity index (χ4n) is 2.90. The molecule has 3 atom stereocenters. The summed E-state index contributed by atoms with van der Waals surface area (Å²) >= 11 is 0. The van der Waals surface area contributed by atoms with Gasteiger partial charge in [-0.05, 0) is 25.7 Å². The minimum Gasteiger partial charge on any atom is -0.393 e. The lowest BCUT2D eigenvalue weighted by molar-refractivity contribution is -0.131. The molecule has 2 aliphatic carbocycles. The number of aliphatic hydroxyl groups is 1. The van der Waals surface area contributed by atoms with Crippen LogP contribution in [-0.2, 0) is 4.79 Å². The molecule has 2 rings (SSSR count). The van der Waals surface area contributed by atoms with Gasteiger partial charge in [-0.25, -0.2) is 0 Å². The molecule has 1 N–H and O–H groups in total. The summed E-state index contributed by atoms with van der Waals surface area (Å²) in [6.45, 7) is 2.08. The van der Waals surface area contributed by atoms with Gasteiger partial charge in [0.15, 0.2) is 0 Å². The van der Waals surface area contributed by atoms with Crippen LogP contribution in [0.4, 0.5) is 0 Å². The standard InChI is InChI=1S/C10H16O2/c1-10-6-2-3-8(11)7(10)4-5-9(10)12/h7,9,12H,2-6H2,1H3. The molecule has 0 aliphatic heterocycles. The first kappa shape index (κ1) is 8.24. The van der Waals surface area contributed by atoms with Crippen molar-refractivity contribution in [2.75, 3.05) is 0 Å². The molecule has 0 bridgehead atoms. The summed E-state index contributed by atoms with van der Waals surface area (Å²) in [5.41, 5.74) is -0.0741. The average Bonchev–Trinajstić information content (AvgIpc) is 2.30. The molecule has 0 heterocycles. The Morgan fingerprint density at radius 3 is 2.92 bits per heavy atom. The van der Waals surface area contributed by atoms with E-state index in [9.17, 15) is 9.90 Å². The second-order valence-electron chi connectivity index (χ2n) is 4.47. The van der Waals surface area contributed by atoms with Crippen LogP contribution in [0.3, 0.4) is 0 Å². The molecule has 0 aromatic heterocycles. The molecule has 2 saturated carbocycles. The van der Waals surface area contributed by atoms with Crippen LogP contribution >= 0.6 is 0 Å². The Labute approximate surface area is 73.0 Å². The molecule has 0 saturated heterocycles. The molecule has 0 aromatic rings. The molecule has 0 radical (unpaired) electrons. The van der Waals surface area contributed by atoms with Crippen molar-refractivity contribution in [3.63, 3.8) is 0 Å². The van der Waals surface area contributed by atoms with Gasteiger partial charge in [0.1, 0.15) is 5.78 Å². The van der Waals surface area contributed by atoms with Crippen LogP contribution < -0.4 is 0 Å². The monoisotopic (exact) mass is 168 g/mol. The van der Waals surface area contributed by atoms with Crippen molar-refractivity contribution in [1.82, 2.24) is 0 Å². The molecule has 68 valence electrons. The highest BCUT2D eigenvalue weighted by atomic mass is 16.3. The summed E-state index contributed by atoms with van der Waals surface area (Å²) in [6.07, 6.45) is 4.26. The van der Waals surface area contributed by atoms with E-state index in [1.807, 2.05) is 0 Å². The molecular formula is C10H16O2. The lowest BCUT2D eigenvalue weighted by atomic mass is 9.68. The summed E-state index contributed by atoms with van der Waals surface area (Å²) in [5.74, 6) is 0.557. The third kappa shape index (κ3) is 0.939. The zero-order chi connectivity index (χ0) is 8.77. The molecule has 3 unspecified atom stereocenters. The molecule has 2 fully saturated rings. The van der Waals surface area contributed by atoms with Gasteiger partial charge in [0.25, 0.3) is 0 Å². The van der Waals surface area contributed by atoms with E-state index in [0.29, 0.717) is 5.78 Å². The summed E-state index contributed by atoms with van der Waals surface area (Å²) in [6, 6.07) is 0. The van der Waals surface area contributed by atoms with E-state index in [2.05, 4.69) is 6.92 Å². The van der Waals surface area contributed by atoms with Gasteiger partial charge in [-0.1, -0.05) is 6.92 Å². The number of Topliss-reactive ketones (excluding diaryl/α,β-unsaturated/α-hetero) is 1. The van der Waals surface area contributed by atoms with Gasteiger partial charge in [-0.15, -0.1) is 0 Å². The predicted molar refractivity (Wildman–Crippen MR) is 45.7 cm³/mol. The fraction of sp³-hybridized carbons (Fsp3) is 0.900. The van der Waals surface area contributed by atoms with Crippen molar-refractivity contribution in [2.24, 2.45) is 11.3 Å². The zero-order valence-electron chi connectivity index (χ0n) is 7.55. The van der Waals surface area contributed by atoms with Crippen LogP contribution in [0.15, 0.2) is 0 Å². The maximum absolute atomic E-state index is 11.5. The highest BCUT2D eigenvalue weighted by Gasteiger charge is 2.50. The molecule has 12 heavy (non-hydrogen) atoms. The highest BCUT2D eigenvalue weighted by Crippen LogP contribution is 2.50. The van der Waals surface area contributed by atoms with E-state index in [1.54, 1.807) is 0 Å². The average molecular weight is 168 g/mol.